The average Bonchev–Trinajstić information content (AvgIpc) is 2.75. The van der Waals surface area contributed by atoms with E-state index in [1.165, 1.54) is 6.07 Å². The van der Waals surface area contributed by atoms with Crippen molar-refractivity contribution in [2.45, 2.75) is 39.8 Å². The van der Waals surface area contributed by atoms with Gasteiger partial charge in [-0.1, -0.05) is 20.8 Å². The van der Waals surface area contributed by atoms with Crippen LogP contribution < -0.4 is 5.56 Å². The summed E-state index contributed by atoms with van der Waals surface area (Å²) < 4.78 is 1.55. The van der Waals surface area contributed by atoms with Crippen LogP contribution in [0, 0.1) is 11.8 Å². The highest BCUT2D eigenvalue weighted by atomic mass is 16.3. The van der Waals surface area contributed by atoms with Crippen molar-refractivity contribution in [3.8, 4) is 0 Å². The van der Waals surface area contributed by atoms with Crippen LogP contribution in [0.2, 0.25) is 0 Å². The Morgan fingerprint density at radius 2 is 2.19 bits per heavy atom. The zero-order valence-electron chi connectivity index (χ0n) is 13.2. The molecule has 5 nitrogen and oxygen atoms in total. The minimum absolute atomic E-state index is 0.0254. The number of nitrogens with zero attached hydrogens (tertiary/aromatic N) is 2. The fourth-order valence-corrected chi connectivity index (χ4v) is 3.01. The van der Waals surface area contributed by atoms with E-state index in [1.807, 2.05) is 27.7 Å². The first-order chi connectivity index (χ1) is 9.79. The summed E-state index contributed by atoms with van der Waals surface area (Å²) in [6.07, 6.45) is 1.64. The second kappa shape index (κ2) is 5.64. The Balaban J connectivity index is 2.22. The number of likely N-dealkylation sites (tertiary alicyclic amines) is 1. The van der Waals surface area contributed by atoms with Gasteiger partial charge in [-0.25, -0.2) is 0 Å². The highest BCUT2D eigenvalue weighted by Crippen LogP contribution is 2.34. The van der Waals surface area contributed by atoms with Crippen LogP contribution in [0.4, 0.5) is 0 Å². The monoisotopic (exact) mass is 292 g/mol. The molecular formula is C16H24N2O3. The lowest BCUT2D eigenvalue weighted by atomic mass is 9.82. The van der Waals surface area contributed by atoms with Gasteiger partial charge in [-0.2, -0.15) is 0 Å². The third-order valence-electron chi connectivity index (χ3n) is 4.66. The minimum atomic E-state index is -0.853. The maximum Gasteiger partial charge on any atom is 0.254 e. The summed E-state index contributed by atoms with van der Waals surface area (Å²) in [5.74, 6) is -0.0744. The number of rotatable bonds is 3. The third-order valence-corrected chi connectivity index (χ3v) is 4.66. The molecule has 21 heavy (non-hydrogen) atoms. The van der Waals surface area contributed by atoms with Gasteiger partial charge < -0.3 is 14.6 Å². The molecule has 0 spiro atoms. The van der Waals surface area contributed by atoms with Gasteiger partial charge in [0, 0.05) is 36.8 Å². The molecule has 116 valence electrons. The predicted molar refractivity (Wildman–Crippen MR) is 81.2 cm³/mol. The van der Waals surface area contributed by atoms with Gasteiger partial charge in [0.25, 0.3) is 11.5 Å². The molecule has 0 bridgehead atoms. The zero-order valence-corrected chi connectivity index (χ0v) is 13.2. The van der Waals surface area contributed by atoms with Crippen LogP contribution in [0.3, 0.4) is 0 Å². The molecule has 1 aromatic rings. The lowest BCUT2D eigenvalue weighted by molar-refractivity contribution is -0.0243. The average molecular weight is 292 g/mol. The summed E-state index contributed by atoms with van der Waals surface area (Å²) in [5.41, 5.74) is -0.631. The number of aliphatic hydroxyl groups is 1. The molecule has 1 amide bonds. The Labute approximate surface area is 125 Å². The summed E-state index contributed by atoms with van der Waals surface area (Å²) in [6.45, 7) is 9.20. The first kappa shape index (κ1) is 15.8. The smallest absolute Gasteiger partial charge is 0.254 e. The quantitative estimate of drug-likeness (QED) is 0.914. The van der Waals surface area contributed by atoms with Crippen molar-refractivity contribution in [3.05, 3.63) is 34.2 Å². The van der Waals surface area contributed by atoms with Gasteiger partial charge in [-0.05, 0) is 18.9 Å². The molecule has 1 aromatic heterocycles. The second-order valence-corrected chi connectivity index (χ2v) is 6.27. The fraction of sp³-hybridized carbons (Fsp3) is 0.625. The SMILES string of the molecule is CCn1ccc(C(=O)N2C[C@H](C)[C@@](O)(C(C)C)C2)cc1=O. The molecule has 1 aliphatic rings. The number of hydrogen-bond donors (Lipinski definition) is 1. The van der Waals surface area contributed by atoms with Gasteiger partial charge in [-0.3, -0.25) is 9.59 Å². The van der Waals surface area contributed by atoms with Crippen LogP contribution in [0.5, 0.6) is 0 Å². The highest BCUT2D eigenvalue weighted by Gasteiger charge is 2.46. The van der Waals surface area contributed by atoms with Gasteiger partial charge in [0.1, 0.15) is 0 Å². The van der Waals surface area contributed by atoms with E-state index >= 15 is 0 Å². The summed E-state index contributed by atoms with van der Waals surface area (Å²) >= 11 is 0. The van der Waals surface area contributed by atoms with E-state index < -0.39 is 5.60 Å². The number of aromatic nitrogens is 1. The molecule has 0 unspecified atom stereocenters. The molecule has 1 fully saturated rings. The number of pyridine rings is 1. The first-order valence-corrected chi connectivity index (χ1v) is 7.51. The molecule has 1 aliphatic heterocycles. The third kappa shape index (κ3) is 2.75. The molecule has 2 atom stereocenters. The van der Waals surface area contributed by atoms with Gasteiger partial charge in [0.05, 0.1) is 12.1 Å². The molecule has 1 N–H and O–H groups in total. The minimum Gasteiger partial charge on any atom is -0.387 e. The van der Waals surface area contributed by atoms with Gasteiger partial charge in [0.2, 0.25) is 0 Å². The summed E-state index contributed by atoms with van der Waals surface area (Å²) in [4.78, 5) is 26.0. The number of carbonyl (C=O) groups excluding carboxylic acids is 1. The summed E-state index contributed by atoms with van der Waals surface area (Å²) in [6, 6.07) is 3.05. The van der Waals surface area contributed by atoms with Gasteiger partial charge in [-0.15, -0.1) is 0 Å². The highest BCUT2D eigenvalue weighted by molar-refractivity contribution is 5.94. The molecule has 0 radical (unpaired) electrons. The molecule has 0 aromatic carbocycles. The number of amides is 1. The van der Waals surface area contributed by atoms with Gasteiger partial charge in [0.15, 0.2) is 0 Å². The molecule has 0 aliphatic carbocycles. The first-order valence-electron chi connectivity index (χ1n) is 7.51. The van der Waals surface area contributed by atoms with Crippen LogP contribution in [-0.4, -0.2) is 39.2 Å². The number of hydrogen-bond acceptors (Lipinski definition) is 3. The predicted octanol–water partition coefficient (Wildman–Crippen LogP) is 1.35. The van der Waals surface area contributed by atoms with Crippen molar-refractivity contribution in [1.82, 2.24) is 9.47 Å². The summed E-state index contributed by atoms with van der Waals surface area (Å²) in [7, 11) is 0. The van der Waals surface area contributed by atoms with Crippen LogP contribution in [0.15, 0.2) is 23.1 Å². The Kier molecular flexibility index (Phi) is 4.23. The van der Waals surface area contributed by atoms with Crippen LogP contribution in [0.1, 0.15) is 38.1 Å². The maximum atomic E-state index is 12.5. The lowest BCUT2D eigenvalue weighted by Crippen LogP contribution is -2.43. The van der Waals surface area contributed by atoms with Crippen LogP contribution in [-0.2, 0) is 6.54 Å². The van der Waals surface area contributed by atoms with E-state index in [0.717, 1.165) is 0 Å². The molecule has 2 heterocycles. The maximum absolute atomic E-state index is 12.5. The Morgan fingerprint density at radius 1 is 1.52 bits per heavy atom. The fourth-order valence-electron chi connectivity index (χ4n) is 3.01. The molecule has 5 heteroatoms. The second-order valence-electron chi connectivity index (χ2n) is 6.27. The van der Waals surface area contributed by atoms with Gasteiger partial charge >= 0.3 is 0 Å². The van der Waals surface area contributed by atoms with E-state index in [2.05, 4.69) is 0 Å². The molecular weight excluding hydrogens is 268 g/mol. The Morgan fingerprint density at radius 3 is 2.67 bits per heavy atom. The Hall–Kier alpha value is -1.62. The summed E-state index contributed by atoms with van der Waals surface area (Å²) in [5, 5.41) is 10.7. The van der Waals surface area contributed by atoms with E-state index in [0.29, 0.717) is 25.2 Å². The van der Waals surface area contributed by atoms with E-state index in [9.17, 15) is 14.7 Å². The van der Waals surface area contributed by atoms with E-state index in [-0.39, 0.29) is 23.3 Å². The normalized spacial score (nSPS) is 25.6. The van der Waals surface area contributed by atoms with Crippen molar-refractivity contribution in [2.75, 3.05) is 13.1 Å². The van der Waals surface area contributed by atoms with E-state index in [1.54, 1.807) is 21.7 Å². The molecule has 2 rings (SSSR count). The number of carbonyl (C=O) groups is 1. The number of β-amino-alcohol motifs (C(OH)–C–C–N with tert-alkyl or cyclic N) is 1. The van der Waals surface area contributed by atoms with Crippen molar-refractivity contribution < 1.29 is 9.90 Å². The topological polar surface area (TPSA) is 62.5 Å². The van der Waals surface area contributed by atoms with E-state index in [4.69, 9.17) is 0 Å². The number of aryl methyl sites for hydroxylation is 1. The molecule has 1 saturated heterocycles. The Bertz CT molecular complexity index is 593. The van der Waals surface area contributed by atoms with Crippen molar-refractivity contribution in [3.63, 3.8) is 0 Å². The van der Waals surface area contributed by atoms with Crippen molar-refractivity contribution >= 4 is 5.91 Å². The van der Waals surface area contributed by atoms with Crippen LogP contribution >= 0.6 is 0 Å². The molecule has 0 saturated carbocycles. The lowest BCUT2D eigenvalue weighted by Gasteiger charge is -2.31. The van der Waals surface area contributed by atoms with Crippen molar-refractivity contribution in [1.29, 1.82) is 0 Å². The zero-order chi connectivity index (χ0) is 15.8. The van der Waals surface area contributed by atoms with Crippen molar-refractivity contribution in [2.24, 2.45) is 11.8 Å². The largest absolute Gasteiger partial charge is 0.387 e. The standard InChI is InChI=1S/C16H24N2O3/c1-5-17-7-6-13(8-14(17)19)15(20)18-9-12(4)16(21,10-18)11(2)3/h6-8,11-12,21H,5,9-10H2,1-4H3/t12-,16-/m0/s1. The van der Waals surface area contributed by atoms with Crippen LogP contribution in [0.25, 0.3) is 0 Å².